The fourth-order valence-electron chi connectivity index (χ4n) is 3.29. The molecule has 0 aliphatic heterocycles. The van der Waals surface area contributed by atoms with Gasteiger partial charge in [0.15, 0.2) is 0 Å². The SMILES string of the molecule is Cl.O=C(CNCC1CC1)NC1CCC(c2ccccc2)CC1. The lowest BCUT2D eigenvalue weighted by atomic mass is 9.82. The normalized spacial score (nSPS) is 24.4. The van der Waals surface area contributed by atoms with Gasteiger partial charge in [-0.2, -0.15) is 0 Å². The van der Waals surface area contributed by atoms with Crippen molar-refractivity contribution in [3.8, 4) is 0 Å². The Labute approximate surface area is 139 Å². The third-order valence-electron chi connectivity index (χ3n) is 4.78. The zero-order valence-electron chi connectivity index (χ0n) is 13.1. The summed E-state index contributed by atoms with van der Waals surface area (Å²) in [6.45, 7) is 1.49. The van der Waals surface area contributed by atoms with Gasteiger partial charge in [-0.05, 0) is 62.5 Å². The Bertz CT molecular complexity index is 453. The third kappa shape index (κ3) is 5.29. The fourth-order valence-corrected chi connectivity index (χ4v) is 3.29. The van der Waals surface area contributed by atoms with Gasteiger partial charge in [-0.1, -0.05) is 30.3 Å². The van der Waals surface area contributed by atoms with E-state index >= 15 is 0 Å². The number of carbonyl (C=O) groups excluding carboxylic acids is 1. The summed E-state index contributed by atoms with van der Waals surface area (Å²) >= 11 is 0. The number of hydrogen-bond donors (Lipinski definition) is 2. The van der Waals surface area contributed by atoms with Gasteiger partial charge in [-0.25, -0.2) is 0 Å². The van der Waals surface area contributed by atoms with Crippen LogP contribution >= 0.6 is 12.4 Å². The number of benzene rings is 1. The van der Waals surface area contributed by atoms with Crippen molar-refractivity contribution in [3.05, 3.63) is 35.9 Å². The van der Waals surface area contributed by atoms with Crippen molar-refractivity contribution >= 4 is 18.3 Å². The van der Waals surface area contributed by atoms with Crippen LogP contribution in [0, 0.1) is 5.92 Å². The van der Waals surface area contributed by atoms with Gasteiger partial charge in [0.1, 0.15) is 0 Å². The minimum atomic E-state index is 0. The minimum absolute atomic E-state index is 0. The molecule has 0 heterocycles. The first kappa shape index (κ1) is 17.3. The molecule has 0 unspecified atom stereocenters. The third-order valence-corrected chi connectivity index (χ3v) is 4.78. The molecule has 0 spiro atoms. The Hall–Kier alpha value is -1.06. The molecular weight excluding hydrogens is 296 g/mol. The molecular formula is C18H27ClN2O. The standard InChI is InChI=1S/C18H26N2O.ClH/c21-18(13-19-12-14-6-7-14)20-17-10-8-16(9-11-17)15-4-2-1-3-5-15;/h1-5,14,16-17,19H,6-13H2,(H,20,21);1H. The highest BCUT2D eigenvalue weighted by Crippen LogP contribution is 2.32. The number of hydrogen-bond acceptors (Lipinski definition) is 2. The quantitative estimate of drug-likeness (QED) is 0.844. The summed E-state index contributed by atoms with van der Waals surface area (Å²) in [5.74, 6) is 1.67. The van der Waals surface area contributed by atoms with Gasteiger partial charge in [0.25, 0.3) is 0 Å². The van der Waals surface area contributed by atoms with Gasteiger partial charge in [0, 0.05) is 6.04 Å². The van der Waals surface area contributed by atoms with Gasteiger partial charge in [-0.15, -0.1) is 12.4 Å². The number of amides is 1. The summed E-state index contributed by atoms with van der Waals surface area (Å²) in [6, 6.07) is 11.1. The van der Waals surface area contributed by atoms with E-state index in [1.807, 2.05) is 0 Å². The average Bonchev–Trinajstić information content (AvgIpc) is 3.33. The summed E-state index contributed by atoms with van der Waals surface area (Å²) in [4.78, 5) is 11.9. The van der Waals surface area contributed by atoms with E-state index in [2.05, 4.69) is 41.0 Å². The highest BCUT2D eigenvalue weighted by molar-refractivity contribution is 5.85. The summed E-state index contributed by atoms with van der Waals surface area (Å²) in [6.07, 6.45) is 7.24. The number of halogens is 1. The number of carbonyl (C=O) groups is 1. The fraction of sp³-hybridized carbons (Fsp3) is 0.611. The van der Waals surface area contributed by atoms with Crippen LogP contribution in [0.5, 0.6) is 0 Å². The van der Waals surface area contributed by atoms with E-state index in [0.717, 1.165) is 25.3 Å². The summed E-state index contributed by atoms with van der Waals surface area (Å²) < 4.78 is 0. The molecule has 0 radical (unpaired) electrons. The molecule has 122 valence electrons. The average molecular weight is 323 g/mol. The van der Waals surface area contributed by atoms with E-state index in [4.69, 9.17) is 0 Å². The summed E-state index contributed by atoms with van der Waals surface area (Å²) in [7, 11) is 0. The Morgan fingerprint density at radius 3 is 2.32 bits per heavy atom. The number of nitrogens with one attached hydrogen (secondary N) is 2. The van der Waals surface area contributed by atoms with E-state index in [-0.39, 0.29) is 18.3 Å². The smallest absolute Gasteiger partial charge is 0.234 e. The Balaban J connectivity index is 0.00000176. The molecule has 2 aliphatic rings. The van der Waals surface area contributed by atoms with Gasteiger partial charge >= 0.3 is 0 Å². The monoisotopic (exact) mass is 322 g/mol. The molecule has 1 aromatic rings. The molecule has 3 rings (SSSR count). The molecule has 1 aromatic carbocycles. The maximum atomic E-state index is 11.9. The van der Waals surface area contributed by atoms with Crippen LogP contribution in [0.4, 0.5) is 0 Å². The molecule has 0 aromatic heterocycles. The Morgan fingerprint density at radius 2 is 1.68 bits per heavy atom. The second-order valence-electron chi connectivity index (χ2n) is 6.60. The largest absolute Gasteiger partial charge is 0.352 e. The van der Waals surface area contributed by atoms with E-state index in [0.29, 0.717) is 18.5 Å². The van der Waals surface area contributed by atoms with E-state index in [9.17, 15) is 4.79 Å². The van der Waals surface area contributed by atoms with Crippen LogP contribution in [-0.4, -0.2) is 25.0 Å². The van der Waals surface area contributed by atoms with Gasteiger partial charge in [0.2, 0.25) is 5.91 Å². The van der Waals surface area contributed by atoms with Crippen LogP contribution < -0.4 is 10.6 Å². The van der Waals surface area contributed by atoms with E-state index in [1.165, 1.54) is 31.2 Å². The lowest BCUT2D eigenvalue weighted by molar-refractivity contribution is -0.121. The summed E-state index contributed by atoms with van der Waals surface area (Å²) in [5, 5.41) is 6.44. The van der Waals surface area contributed by atoms with Crippen LogP contribution in [0.15, 0.2) is 30.3 Å². The molecule has 3 nitrogen and oxygen atoms in total. The van der Waals surface area contributed by atoms with Crippen LogP contribution in [0.3, 0.4) is 0 Å². The first-order valence-electron chi connectivity index (χ1n) is 8.36. The molecule has 0 atom stereocenters. The van der Waals surface area contributed by atoms with Gasteiger partial charge in [-0.3, -0.25) is 4.79 Å². The van der Waals surface area contributed by atoms with E-state index in [1.54, 1.807) is 0 Å². The Kier molecular flexibility index (Phi) is 6.71. The maximum Gasteiger partial charge on any atom is 0.234 e. The van der Waals surface area contributed by atoms with Crippen LogP contribution in [0.2, 0.25) is 0 Å². The lowest BCUT2D eigenvalue weighted by Gasteiger charge is -2.29. The summed E-state index contributed by atoms with van der Waals surface area (Å²) in [5.41, 5.74) is 1.45. The van der Waals surface area contributed by atoms with Crippen molar-refractivity contribution in [2.24, 2.45) is 5.92 Å². The minimum Gasteiger partial charge on any atom is -0.352 e. The highest BCUT2D eigenvalue weighted by Gasteiger charge is 2.24. The van der Waals surface area contributed by atoms with Crippen LogP contribution in [0.25, 0.3) is 0 Å². The van der Waals surface area contributed by atoms with Crippen molar-refractivity contribution in [1.29, 1.82) is 0 Å². The predicted octanol–water partition coefficient (Wildman–Crippen LogP) is 3.25. The van der Waals surface area contributed by atoms with Gasteiger partial charge < -0.3 is 10.6 Å². The van der Waals surface area contributed by atoms with Crippen molar-refractivity contribution in [1.82, 2.24) is 10.6 Å². The van der Waals surface area contributed by atoms with Gasteiger partial charge in [0.05, 0.1) is 6.54 Å². The van der Waals surface area contributed by atoms with Crippen molar-refractivity contribution in [2.75, 3.05) is 13.1 Å². The molecule has 0 saturated heterocycles. The zero-order valence-corrected chi connectivity index (χ0v) is 13.9. The van der Waals surface area contributed by atoms with E-state index < -0.39 is 0 Å². The topological polar surface area (TPSA) is 41.1 Å². The first-order chi connectivity index (χ1) is 10.3. The predicted molar refractivity (Wildman–Crippen MR) is 92.4 cm³/mol. The molecule has 1 amide bonds. The zero-order chi connectivity index (χ0) is 14.5. The molecule has 2 fully saturated rings. The molecule has 2 saturated carbocycles. The maximum absolute atomic E-state index is 11.9. The lowest BCUT2D eigenvalue weighted by Crippen LogP contribution is -2.42. The molecule has 2 aliphatic carbocycles. The second-order valence-corrected chi connectivity index (χ2v) is 6.60. The molecule has 0 bridgehead atoms. The Morgan fingerprint density at radius 1 is 1.00 bits per heavy atom. The number of rotatable bonds is 6. The molecule has 2 N–H and O–H groups in total. The second kappa shape index (κ2) is 8.54. The van der Waals surface area contributed by atoms with Crippen LogP contribution in [0.1, 0.15) is 50.0 Å². The van der Waals surface area contributed by atoms with Crippen molar-refractivity contribution in [2.45, 2.75) is 50.5 Å². The van der Waals surface area contributed by atoms with Crippen molar-refractivity contribution < 1.29 is 4.79 Å². The highest BCUT2D eigenvalue weighted by atomic mass is 35.5. The van der Waals surface area contributed by atoms with Crippen LogP contribution in [-0.2, 0) is 4.79 Å². The first-order valence-corrected chi connectivity index (χ1v) is 8.36. The van der Waals surface area contributed by atoms with Crippen molar-refractivity contribution in [3.63, 3.8) is 0 Å². The molecule has 22 heavy (non-hydrogen) atoms. The molecule has 4 heteroatoms.